The van der Waals surface area contributed by atoms with Crippen molar-refractivity contribution < 1.29 is 4.79 Å². The molecule has 3 nitrogen and oxygen atoms in total. The summed E-state index contributed by atoms with van der Waals surface area (Å²) in [4.78, 5) is 12.7. The number of amides is 1. The zero-order valence-electron chi connectivity index (χ0n) is 8.20. The van der Waals surface area contributed by atoms with E-state index >= 15 is 0 Å². The second-order valence-corrected chi connectivity index (χ2v) is 3.31. The summed E-state index contributed by atoms with van der Waals surface area (Å²) in [7, 11) is 1.57. The summed E-state index contributed by atoms with van der Waals surface area (Å²) in [6.45, 7) is 3.38. The molecule has 0 unspecified atom stereocenters. The summed E-state index contributed by atoms with van der Waals surface area (Å²) in [5.74, 6) is -0.284. The second-order valence-electron chi connectivity index (χ2n) is 2.87. The first-order valence-corrected chi connectivity index (χ1v) is 4.57. The molecule has 0 saturated heterocycles. The first kappa shape index (κ1) is 11.3. The van der Waals surface area contributed by atoms with Crippen LogP contribution in [-0.4, -0.2) is 13.0 Å². The predicted octanol–water partition coefficient (Wildman–Crippen LogP) is 2.36. The van der Waals surface area contributed by atoms with E-state index < -0.39 is 0 Å². The molecular weight excluding hydrogens is 212 g/mol. The fourth-order valence-corrected chi connectivity index (χ4v) is 1.30. The van der Waals surface area contributed by atoms with E-state index in [9.17, 15) is 4.79 Å². The SMILES string of the molecule is C=CC(=O)N(C)c1cc(Cl)ccc1C#N. The van der Waals surface area contributed by atoms with E-state index in [4.69, 9.17) is 16.9 Å². The topological polar surface area (TPSA) is 44.1 Å². The number of carbonyl (C=O) groups is 1. The van der Waals surface area contributed by atoms with Crippen molar-refractivity contribution in [3.63, 3.8) is 0 Å². The number of benzene rings is 1. The van der Waals surface area contributed by atoms with Crippen LogP contribution in [0.15, 0.2) is 30.9 Å². The van der Waals surface area contributed by atoms with Crippen molar-refractivity contribution in [2.75, 3.05) is 11.9 Å². The van der Waals surface area contributed by atoms with Crippen LogP contribution >= 0.6 is 11.6 Å². The molecule has 1 rings (SSSR count). The van der Waals surface area contributed by atoms with Crippen LogP contribution in [0.25, 0.3) is 0 Å². The number of hydrogen-bond donors (Lipinski definition) is 0. The number of nitriles is 1. The van der Waals surface area contributed by atoms with Crippen LogP contribution < -0.4 is 4.90 Å². The zero-order valence-corrected chi connectivity index (χ0v) is 8.95. The average molecular weight is 221 g/mol. The number of carbonyl (C=O) groups excluding carboxylic acids is 1. The van der Waals surface area contributed by atoms with Gasteiger partial charge in [0.15, 0.2) is 0 Å². The van der Waals surface area contributed by atoms with E-state index in [1.807, 2.05) is 6.07 Å². The van der Waals surface area contributed by atoms with Gasteiger partial charge in [0.1, 0.15) is 6.07 Å². The van der Waals surface area contributed by atoms with E-state index in [1.54, 1.807) is 25.2 Å². The lowest BCUT2D eigenvalue weighted by atomic mass is 10.2. The van der Waals surface area contributed by atoms with Crippen molar-refractivity contribution >= 4 is 23.2 Å². The molecule has 0 atom stereocenters. The Hall–Kier alpha value is -1.79. The van der Waals surface area contributed by atoms with Gasteiger partial charge in [0, 0.05) is 12.1 Å². The number of likely N-dealkylation sites (N-methyl/N-ethyl adjacent to an activating group) is 1. The van der Waals surface area contributed by atoms with Crippen molar-refractivity contribution in [3.05, 3.63) is 41.4 Å². The Morgan fingerprint density at radius 1 is 1.67 bits per heavy atom. The van der Waals surface area contributed by atoms with Crippen LogP contribution in [0.2, 0.25) is 5.02 Å². The molecule has 1 aromatic rings. The Balaban J connectivity index is 3.23. The lowest BCUT2D eigenvalue weighted by molar-refractivity contribution is -0.113. The third-order valence-electron chi connectivity index (χ3n) is 1.95. The van der Waals surface area contributed by atoms with Gasteiger partial charge in [-0.05, 0) is 24.3 Å². The molecule has 0 aliphatic carbocycles. The van der Waals surface area contributed by atoms with Crippen molar-refractivity contribution in [1.82, 2.24) is 0 Å². The summed E-state index contributed by atoms with van der Waals surface area (Å²) >= 11 is 5.79. The molecule has 0 bridgehead atoms. The van der Waals surface area contributed by atoms with E-state index in [0.29, 0.717) is 16.3 Å². The third kappa shape index (κ3) is 2.36. The molecule has 0 N–H and O–H groups in total. The van der Waals surface area contributed by atoms with Crippen LogP contribution in [0.3, 0.4) is 0 Å². The summed E-state index contributed by atoms with van der Waals surface area (Å²) < 4.78 is 0. The molecular formula is C11H9ClN2O. The molecule has 0 aliphatic rings. The highest BCUT2D eigenvalue weighted by Gasteiger charge is 2.12. The minimum atomic E-state index is -0.284. The highest BCUT2D eigenvalue weighted by atomic mass is 35.5. The average Bonchev–Trinajstić information content (AvgIpc) is 2.27. The van der Waals surface area contributed by atoms with E-state index in [1.165, 1.54) is 11.0 Å². The summed E-state index contributed by atoms with van der Waals surface area (Å²) in [6, 6.07) is 6.75. The van der Waals surface area contributed by atoms with Gasteiger partial charge in [-0.1, -0.05) is 18.2 Å². The van der Waals surface area contributed by atoms with Crippen LogP contribution in [0, 0.1) is 11.3 Å². The molecule has 0 aliphatic heterocycles. The molecule has 0 heterocycles. The Kier molecular flexibility index (Phi) is 3.48. The first-order valence-electron chi connectivity index (χ1n) is 4.20. The van der Waals surface area contributed by atoms with Gasteiger partial charge in [0.2, 0.25) is 5.91 Å². The number of hydrogen-bond acceptors (Lipinski definition) is 2. The van der Waals surface area contributed by atoms with Crippen molar-refractivity contribution in [2.45, 2.75) is 0 Å². The van der Waals surface area contributed by atoms with E-state index in [2.05, 4.69) is 6.58 Å². The van der Waals surface area contributed by atoms with Gasteiger partial charge < -0.3 is 4.90 Å². The van der Waals surface area contributed by atoms with Gasteiger partial charge in [-0.25, -0.2) is 0 Å². The molecule has 0 radical (unpaired) electrons. The smallest absolute Gasteiger partial charge is 0.250 e. The van der Waals surface area contributed by atoms with Crippen LogP contribution in [0.1, 0.15) is 5.56 Å². The molecule has 4 heteroatoms. The number of anilines is 1. The largest absolute Gasteiger partial charge is 0.311 e. The molecule has 15 heavy (non-hydrogen) atoms. The van der Waals surface area contributed by atoms with Gasteiger partial charge in [0.05, 0.1) is 11.3 Å². The summed E-state index contributed by atoms with van der Waals surface area (Å²) in [6.07, 6.45) is 1.18. The number of nitrogens with zero attached hydrogens (tertiary/aromatic N) is 2. The predicted molar refractivity (Wildman–Crippen MR) is 59.8 cm³/mol. The van der Waals surface area contributed by atoms with Gasteiger partial charge >= 0.3 is 0 Å². The van der Waals surface area contributed by atoms with E-state index in [0.717, 1.165) is 0 Å². The maximum Gasteiger partial charge on any atom is 0.250 e. The minimum absolute atomic E-state index is 0.284. The molecule has 0 aromatic heterocycles. The quantitative estimate of drug-likeness (QED) is 0.719. The molecule has 1 aromatic carbocycles. The Morgan fingerprint density at radius 2 is 2.33 bits per heavy atom. The van der Waals surface area contributed by atoms with Gasteiger partial charge in [-0.15, -0.1) is 0 Å². The monoisotopic (exact) mass is 220 g/mol. The Bertz CT molecular complexity index is 448. The standard InChI is InChI=1S/C11H9ClN2O/c1-3-11(15)14(2)10-6-9(12)5-4-8(10)7-13/h3-6H,1H2,2H3. The van der Waals surface area contributed by atoms with Crippen molar-refractivity contribution in [1.29, 1.82) is 5.26 Å². The molecule has 1 amide bonds. The fourth-order valence-electron chi connectivity index (χ4n) is 1.13. The molecule has 0 spiro atoms. The Labute approximate surface area is 93.2 Å². The van der Waals surface area contributed by atoms with Gasteiger partial charge in [-0.3, -0.25) is 4.79 Å². The molecule has 0 saturated carbocycles. The highest BCUT2D eigenvalue weighted by Crippen LogP contribution is 2.23. The minimum Gasteiger partial charge on any atom is -0.311 e. The molecule has 0 fully saturated rings. The van der Waals surface area contributed by atoms with Crippen molar-refractivity contribution in [2.24, 2.45) is 0 Å². The van der Waals surface area contributed by atoms with Crippen LogP contribution in [0.5, 0.6) is 0 Å². The third-order valence-corrected chi connectivity index (χ3v) is 2.18. The summed E-state index contributed by atoms with van der Waals surface area (Å²) in [5, 5.41) is 9.34. The van der Waals surface area contributed by atoms with Gasteiger partial charge in [0.25, 0.3) is 0 Å². The maximum atomic E-state index is 11.3. The van der Waals surface area contributed by atoms with Crippen molar-refractivity contribution in [3.8, 4) is 6.07 Å². The summed E-state index contributed by atoms with van der Waals surface area (Å²) in [5.41, 5.74) is 0.881. The first-order chi connectivity index (χ1) is 7.10. The van der Waals surface area contributed by atoms with Crippen LogP contribution in [0.4, 0.5) is 5.69 Å². The zero-order chi connectivity index (χ0) is 11.4. The van der Waals surface area contributed by atoms with Gasteiger partial charge in [-0.2, -0.15) is 5.26 Å². The van der Waals surface area contributed by atoms with E-state index in [-0.39, 0.29) is 5.91 Å². The lowest BCUT2D eigenvalue weighted by Gasteiger charge is -2.16. The number of rotatable bonds is 2. The van der Waals surface area contributed by atoms with Crippen LogP contribution in [-0.2, 0) is 4.79 Å². The highest BCUT2D eigenvalue weighted by molar-refractivity contribution is 6.31. The Morgan fingerprint density at radius 3 is 2.87 bits per heavy atom. The lowest BCUT2D eigenvalue weighted by Crippen LogP contribution is -2.24. The maximum absolute atomic E-state index is 11.3. The fraction of sp³-hybridized carbons (Fsp3) is 0.0909. The second kappa shape index (κ2) is 4.63. The number of halogens is 1. The molecule has 76 valence electrons. The normalized spacial score (nSPS) is 9.13.